The van der Waals surface area contributed by atoms with Gasteiger partial charge < -0.3 is 0 Å². The number of hydrogen-bond donors (Lipinski definition) is 1. The van der Waals surface area contributed by atoms with Crippen LogP contribution >= 0.6 is 8.73 Å². The summed E-state index contributed by atoms with van der Waals surface area (Å²) >= 11 is 0.567. The molecule has 1 fully saturated rings. The molecule has 1 aliphatic rings. The van der Waals surface area contributed by atoms with Gasteiger partial charge in [0.2, 0.25) is 0 Å². The van der Waals surface area contributed by atoms with Crippen LogP contribution in [-0.4, -0.2) is 10.1 Å². The number of hydrogen-bond acceptors (Lipinski definition) is 0. The van der Waals surface area contributed by atoms with Gasteiger partial charge in [0, 0.05) is 0 Å². The summed E-state index contributed by atoms with van der Waals surface area (Å²) in [5.74, 6) is 0. The Labute approximate surface area is 50.7 Å². The molecule has 0 bridgehead atoms. The van der Waals surface area contributed by atoms with Crippen LogP contribution in [0.1, 0.15) is 6.92 Å². The zero-order chi connectivity index (χ0) is 4.41. The fourth-order valence-corrected chi connectivity index (χ4v) is 6.10. The fraction of sp³-hybridized carbons (Fsp3) is 1.00. The van der Waals surface area contributed by atoms with E-state index < -0.39 is 0 Å². The number of quaternary nitrogens is 1. The number of rotatable bonds is 0. The topological polar surface area (TPSA) is 16.6 Å². The predicted molar refractivity (Wildman–Crippen MR) is 24.6 cm³/mol. The molecule has 1 heterocycles. The molecule has 3 heteroatoms. The molecule has 0 aromatic heterocycles. The first-order chi connectivity index (χ1) is 2.89. The summed E-state index contributed by atoms with van der Waals surface area (Å²) in [6.45, 7) is 2.36. The minimum absolute atomic E-state index is 0.567. The van der Waals surface area contributed by atoms with Gasteiger partial charge in [-0.2, -0.15) is 0 Å². The minimum atomic E-state index is 0.567. The second-order valence-corrected chi connectivity index (χ2v) is 7.17. The third-order valence-corrected chi connectivity index (χ3v) is 6.78. The van der Waals surface area contributed by atoms with Crippen LogP contribution in [-0.2, 0) is 0 Å². The van der Waals surface area contributed by atoms with Gasteiger partial charge in [-0.25, -0.2) is 0 Å². The van der Waals surface area contributed by atoms with Gasteiger partial charge in [-0.1, -0.05) is 0 Å². The van der Waals surface area contributed by atoms with Crippen LogP contribution < -0.4 is 24.8 Å². The van der Waals surface area contributed by atoms with Crippen LogP contribution in [0.2, 0.25) is 0 Å². The Morgan fingerprint density at radius 3 is 3.00 bits per heavy atom. The van der Waals surface area contributed by atoms with Crippen molar-refractivity contribution in [3.05, 3.63) is 0 Å². The second-order valence-electron chi connectivity index (χ2n) is 1.42. The first-order valence-electron chi connectivity index (χ1n) is 2.06. The monoisotopic (exact) mass is 217 g/mol. The first-order valence-corrected chi connectivity index (χ1v) is 5.84. The maximum atomic E-state index is 2.52. The Bertz CT molecular complexity index is 44.1. The van der Waals surface area contributed by atoms with Gasteiger partial charge in [0.15, 0.2) is 0 Å². The molecule has 1 nitrogen and oxygen atoms in total. The van der Waals surface area contributed by atoms with Crippen molar-refractivity contribution in [2.45, 2.75) is 10.8 Å². The van der Waals surface area contributed by atoms with Crippen molar-refractivity contribution in [2.75, 3.05) is 6.16 Å². The molecular formula is C3H9INP. The average molecular weight is 217 g/mol. The van der Waals surface area contributed by atoms with Crippen molar-refractivity contribution in [3.8, 4) is 0 Å². The van der Waals surface area contributed by atoms with Crippen molar-refractivity contribution >= 4 is 8.73 Å². The van der Waals surface area contributed by atoms with Crippen LogP contribution in [0.15, 0.2) is 0 Å². The van der Waals surface area contributed by atoms with Crippen LogP contribution in [0.5, 0.6) is 0 Å². The van der Waals surface area contributed by atoms with Gasteiger partial charge in [0.05, 0.1) is 0 Å². The third-order valence-electron chi connectivity index (χ3n) is 0.754. The predicted octanol–water partition coefficient (Wildman–Crippen LogP) is -3.45. The molecule has 2 atom stereocenters. The fourth-order valence-electron chi connectivity index (χ4n) is 0.404. The molecule has 6 heavy (non-hydrogen) atoms. The Morgan fingerprint density at radius 2 is 2.83 bits per heavy atom. The van der Waals surface area contributed by atoms with Gasteiger partial charge in [0.1, 0.15) is 0 Å². The molecule has 0 radical (unpaired) electrons. The number of halogens is 1. The van der Waals surface area contributed by atoms with Crippen molar-refractivity contribution in [2.24, 2.45) is 0 Å². The van der Waals surface area contributed by atoms with Crippen molar-refractivity contribution in [1.29, 1.82) is 0 Å². The van der Waals surface area contributed by atoms with Crippen molar-refractivity contribution in [1.82, 2.24) is 0 Å². The second kappa shape index (κ2) is 2.43. The summed E-state index contributed by atoms with van der Waals surface area (Å²) in [4.78, 5) is 0. The van der Waals surface area contributed by atoms with E-state index in [1.54, 1.807) is 0 Å². The van der Waals surface area contributed by atoms with Gasteiger partial charge >= 0.3 is 50.5 Å². The van der Waals surface area contributed by atoms with Crippen molar-refractivity contribution < 1.29 is 24.8 Å². The molecule has 1 rings (SSSR count). The first kappa shape index (κ1) is 5.26. The molecule has 0 aromatic rings. The SMILES string of the molecule is CC1CP[NH2+][I-]1. The standard InChI is InChI=1S/C3H9INP/c1-3-2-6-5-4-3/h3,6H,2,5H2,1H3. The summed E-state index contributed by atoms with van der Waals surface area (Å²) in [6.07, 6.45) is 1.51. The van der Waals surface area contributed by atoms with Gasteiger partial charge in [0.25, 0.3) is 0 Å². The number of nitrogens with two attached hydrogens (primary N) is 1. The van der Waals surface area contributed by atoms with Crippen LogP contribution in [0.25, 0.3) is 0 Å². The summed E-state index contributed by atoms with van der Waals surface area (Å²) in [6, 6.07) is 0. The quantitative estimate of drug-likeness (QED) is 0.188. The molecule has 2 unspecified atom stereocenters. The van der Waals surface area contributed by atoms with E-state index >= 15 is 0 Å². The van der Waals surface area contributed by atoms with Crippen LogP contribution in [0, 0.1) is 0 Å². The van der Waals surface area contributed by atoms with Crippen molar-refractivity contribution in [3.63, 3.8) is 0 Å². The van der Waals surface area contributed by atoms with E-state index in [9.17, 15) is 0 Å². The summed E-state index contributed by atoms with van der Waals surface area (Å²) in [7, 11) is 1.21. The Morgan fingerprint density at radius 1 is 2.00 bits per heavy atom. The summed E-state index contributed by atoms with van der Waals surface area (Å²) in [5.41, 5.74) is 0. The van der Waals surface area contributed by atoms with E-state index in [4.69, 9.17) is 0 Å². The van der Waals surface area contributed by atoms with Gasteiger partial charge in [-0.3, -0.25) is 0 Å². The molecule has 1 aliphatic heterocycles. The summed E-state index contributed by atoms with van der Waals surface area (Å²) < 4.78 is 3.63. The zero-order valence-electron chi connectivity index (χ0n) is 3.74. The average Bonchev–Trinajstić information content (AvgIpc) is 1.86. The number of alkyl halides is 1. The van der Waals surface area contributed by atoms with Gasteiger partial charge in [-0.15, -0.1) is 0 Å². The molecule has 0 saturated carbocycles. The Kier molecular flexibility index (Phi) is 2.13. The van der Waals surface area contributed by atoms with E-state index in [0.29, 0.717) is 21.5 Å². The zero-order valence-corrected chi connectivity index (χ0v) is 6.90. The molecule has 38 valence electrons. The van der Waals surface area contributed by atoms with E-state index in [1.807, 2.05) is 0 Å². The Balaban J connectivity index is 2.18. The summed E-state index contributed by atoms with van der Waals surface area (Å²) in [5, 5.41) is 0. The molecule has 0 spiro atoms. The van der Waals surface area contributed by atoms with Crippen LogP contribution in [0.3, 0.4) is 0 Å². The molecule has 1 saturated heterocycles. The molecule has 2 N–H and O–H groups in total. The third kappa shape index (κ3) is 1.32. The maximum absolute atomic E-state index is 2.52. The normalized spacial score (nSPS) is 39.8. The molecular weight excluding hydrogens is 208 g/mol. The van der Waals surface area contributed by atoms with E-state index in [0.717, 1.165) is 3.92 Å². The van der Waals surface area contributed by atoms with Crippen LogP contribution in [0.4, 0.5) is 0 Å². The van der Waals surface area contributed by atoms with E-state index in [-0.39, 0.29) is 0 Å². The Hall–Kier alpha value is 1.12. The molecule has 0 amide bonds. The van der Waals surface area contributed by atoms with E-state index in [2.05, 4.69) is 10.2 Å². The van der Waals surface area contributed by atoms with Gasteiger partial charge in [-0.05, 0) is 0 Å². The molecule has 0 aliphatic carbocycles. The van der Waals surface area contributed by atoms with E-state index in [1.165, 1.54) is 14.9 Å². The molecule has 0 aromatic carbocycles.